The molecule has 1 atom stereocenters. The summed E-state index contributed by atoms with van der Waals surface area (Å²) in [5.41, 5.74) is 2.32. The third kappa shape index (κ3) is 4.03. The van der Waals surface area contributed by atoms with Crippen molar-refractivity contribution in [2.75, 3.05) is 26.2 Å². The Morgan fingerprint density at radius 1 is 1.37 bits per heavy atom. The Hall–Kier alpha value is -2.19. The number of fused-ring (bicyclic) bond motifs is 3. The van der Waals surface area contributed by atoms with Crippen molar-refractivity contribution in [2.45, 2.75) is 53.1 Å². The molecule has 1 saturated heterocycles. The number of nitrogens with zero attached hydrogens (tertiary/aromatic N) is 4. The van der Waals surface area contributed by atoms with Crippen LogP contribution in [0.2, 0.25) is 0 Å². The summed E-state index contributed by atoms with van der Waals surface area (Å²) in [7, 11) is 0. The number of hydrogen-bond acceptors (Lipinski definition) is 5. The maximum Gasteiger partial charge on any atom is 0.291 e. The number of carbonyl (C=O) groups excluding carboxylic acids is 2. The molecule has 4 rings (SSSR count). The number of likely N-dealkylation sites (N-methyl/N-ethyl adjacent to an activating group) is 1. The first-order valence-electron chi connectivity index (χ1n) is 10.7. The summed E-state index contributed by atoms with van der Waals surface area (Å²) in [4.78, 5) is 28.4. The fourth-order valence-corrected chi connectivity index (χ4v) is 5.11. The Bertz CT molecular complexity index is 983. The van der Waals surface area contributed by atoms with Crippen LogP contribution >= 0.6 is 11.3 Å². The minimum atomic E-state index is -0.219. The lowest BCUT2D eigenvalue weighted by molar-refractivity contribution is -0.122. The van der Waals surface area contributed by atoms with Crippen LogP contribution in [0.3, 0.4) is 0 Å². The van der Waals surface area contributed by atoms with Crippen molar-refractivity contribution < 1.29 is 9.59 Å². The number of hydrazone groups is 1. The van der Waals surface area contributed by atoms with Gasteiger partial charge >= 0.3 is 0 Å². The molecule has 2 aromatic rings. The van der Waals surface area contributed by atoms with Crippen LogP contribution in [-0.4, -0.2) is 64.2 Å². The van der Waals surface area contributed by atoms with Crippen molar-refractivity contribution in [3.8, 4) is 0 Å². The van der Waals surface area contributed by atoms with Crippen LogP contribution in [0.5, 0.6) is 0 Å². The Kier molecular flexibility index (Phi) is 5.72. The van der Waals surface area contributed by atoms with Crippen molar-refractivity contribution in [1.82, 2.24) is 19.8 Å². The lowest BCUT2D eigenvalue weighted by atomic mass is 9.90. The van der Waals surface area contributed by atoms with Gasteiger partial charge in [-0.05, 0) is 43.4 Å². The molecule has 0 bridgehead atoms. The van der Waals surface area contributed by atoms with Crippen molar-refractivity contribution in [3.63, 3.8) is 0 Å². The maximum atomic E-state index is 13.3. The minimum absolute atomic E-state index is 0.0594. The highest BCUT2D eigenvalue weighted by atomic mass is 32.1. The molecule has 0 aromatic carbocycles. The second-order valence-corrected chi connectivity index (χ2v) is 10.1. The van der Waals surface area contributed by atoms with Crippen LogP contribution < -0.4 is 5.32 Å². The monoisotopic (exact) mass is 429 g/mol. The first-order valence-corrected chi connectivity index (χ1v) is 11.6. The Morgan fingerprint density at radius 2 is 2.17 bits per heavy atom. The highest BCUT2D eigenvalue weighted by Crippen LogP contribution is 2.30. The van der Waals surface area contributed by atoms with Gasteiger partial charge in [-0.1, -0.05) is 27.7 Å². The summed E-state index contributed by atoms with van der Waals surface area (Å²) in [5.74, 6) is -0.381. The van der Waals surface area contributed by atoms with Crippen LogP contribution in [0.15, 0.2) is 22.6 Å². The van der Waals surface area contributed by atoms with Gasteiger partial charge < -0.3 is 9.88 Å². The molecule has 0 aliphatic carbocycles. The van der Waals surface area contributed by atoms with E-state index in [-0.39, 0.29) is 23.8 Å². The highest BCUT2D eigenvalue weighted by molar-refractivity contribution is 7.17. The summed E-state index contributed by atoms with van der Waals surface area (Å²) in [6, 6.07) is 4.35. The topological polar surface area (TPSA) is 69.9 Å². The molecule has 2 aliphatic rings. The summed E-state index contributed by atoms with van der Waals surface area (Å²) in [6.07, 6.45) is 2.28. The van der Waals surface area contributed by atoms with E-state index in [1.54, 1.807) is 11.3 Å². The average Bonchev–Trinajstić information content (AvgIpc) is 3.38. The van der Waals surface area contributed by atoms with E-state index >= 15 is 0 Å². The molecule has 7 nitrogen and oxygen atoms in total. The van der Waals surface area contributed by atoms with Gasteiger partial charge in [-0.2, -0.15) is 5.10 Å². The van der Waals surface area contributed by atoms with E-state index in [0.717, 1.165) is 35.4 Å². The van der Waals surface area contributed by atoms with E-state index in [1.165, 1.54) is 11.4 Å². The van der Waals surface area contributed by atoms with Crippen molar-refractivity contribution in [1.29, 1.82) is 0 Å². The van der Waals surface area contributed by atoms with Gasteiger partial charge in [-0.25, -0.2) is 5.01 Å². The summed E-state index contributed by atoms with van der Waals surface area (Å²) in [6.45, 7) is 11.6. The Labute approximate surface area is 181 Å². The zero-order valence-corrected chi connectivity index (χ0v) is 19.1. The molecule has 2 amide bonds. The molecule has 0 radical (unpaired) electrons. The molecule has 4 heterocycles. The van der Waals surface area contributed by atoms with E-state index in [2.05, 4.69) is 43.0 Å². The van der Waals surface area contributed by atoms with Gasteiger partial charge in [0.1, 0.15) is 12.2 Å². The molecule has 1 fully saturated rings. The van der Waals surface area contributed by atoms with Crippen LogP contribution in [0, 0.1) is 5.41 Å². The summed E-state index contributed by atoms with van der Waals surface area (Å²) >= 11 is 1.62. The second kappa shape index (κ2) is 8.15. The Balaban J connectivity index is 1.54. The van der Waals surface area contributed by atoms with E-state index in [4.69, 9.17) is 0 Å². The van der Waals surface area contributed by atoms with Gasteiger partial charge in [-0.15, -0.1) is 11.3 Å². The average molecular weight is 430 g/mol. The second-order valence-electron chi connectivity index (χ2n) is 9.17. The number of likely N-dealkylation sites (tertiary alicyclic amines) is 1. The van der Waals surface area contributed by atoms with E-state index in [1.807, 2.05) is 22.1 Å². The molecule has 2 aliphatic heterocycles. The number of aromatic nitrogens is 1. The number of rotatable bonds is 5. The number of nitrogens with one attached hydrogen (secondary N) is 1. The first-order chi connectivity index (χ1) is 14.3. The largest absolute Gasteiger partial charge is 0.353 e. The van der Waals surface area contributed by atoms with Crippen LogP contribution in [0.1, 0.15) is 51.0 Å². The molecule has 1 unspecified atom stereocenters. The standard InChI is InChI=1S/C22H31N5O2S/c1-5-25-9-6-7-15(25)12-23-20(28)14-27-21(29)17-11-18-16(8-10-30-18)26(17)13-19(24-27)22(2,3)4/h8,10-11,15H,5-7,9,12-14H2,1-4H3,(H,23,28). The van der Waals surface area contributed by atoms with E-state index in [9.17, 15) is 9.59 Å². The molecule has 0 spiro atoms. The van der Waals surface area contributed by atoms with Gasteiger partial charge in [0.25, 0.3) is 5.91 Å². The summed E-state index contributed by atoms with van der Waals surface area (Å²) < 4.78 is 3.12. The zero-order chi connectivity index (χ0) is 21.5. The molecule has 8 heteroatoms. The smallest absolute Gasteiger partial charge is 0.291 e. The van der Waals surface area contributed by atoms with Gasteiger partial charge in [0, 0.05) is 18.0 Å². The lowest BCUT2D eigenvalue weighted by Gasteiger charge is -2.24. The predicted octanol–water partition coefficient (Wildman–Crippen LogP) is 3.16. The fraction of sp³-hybridized carbons (Fsp3) is 0.591. The molecule has 2 aromatic heterocycles. The van der Waals surface area contributed by atoms with Gasteiger partial charge in [-0.3, -0.25) is 14.5 Å². The van der Waals surface area contributed by atoms with Crippen molar-refractivity contribution in [3.05, 3.63) is 23.2 Å². The van der Waals surface area contributed by atoms with Crippen LogP contribution in [0.4, 0.5) is 0 Å². The number of hydrogen-bond donors (Lipinski definition) is 1. The summed E-state index contributed by atoms with van der Waals surface area (Å²) in [5, 5.41) is 11.1. The molecular formula is C22H31N5O2S. The van der Waals surface area contributed by atoms with E-state index in [0.29, 0.717) is 24.8 Å². The van der Waals surface area contributed by atoms with E-state index < -0.39 is 0 Å². The zero-order valence-electron chi connectivity index (χ0n) is 18.3. The number of amides is 2. The van der Waals surface area contributed by atoms with Crippen molar-refractivity contribution in [2.24, 2.45) is 10.5 Å². The van der Waals surface area contributed by atoms with Crippen LogP contribution in [0.25, 0.3) is 10.2 Å². The van der Waals surface area contributed by atoms with Gasteiger partial charge in [0.15, 0.2) is 0 Å². The quantitative estimate of drug-likeness (QED) is 0.794. The number of carbonyl (C=O) groups is 2. The molecule has 1 N–H and O–H groups in total. The first kappa shape index (κ1) is 21.1. The third-order valence-electron chi connectivity index (χ3n) is 6.12. The predicted molar refractivity (Wildman–Crippen MR) is 121 cm³/mol. The SMILES string of the molecule is CCN1CCCC1CNC(=O)CN1N=C(C(C)(C)C)Cn2c(cc3sccc32)C1=O. The normalized spacial score (nSPS) is 20.4. The lowest BCUT2D eigenvalue weighted by Crippen LogP contribution is -2.44. The molecule has 30 heavy (non-hydrogen) atoms. The fourth-order valence-electron chi connectivity index (χ4n) is 4.29. The third-order valence-corrected chi connectivity index (χ3v) is 6.98. The highest BCUT2D eigenvalue weighted by Gasteiger charge is 2.32. The van der Waals surface area contributed by atoms with Crippen molar-refractivity contribution >= 4 is 39.1 Å². The molecular weight excluding hydrogens is 398 g/mol. The molecule has 0 saturated carbocycles. The number of thiophene rings is 1. The van der Waals surface area contributed by atoms with Crippen LogP contribution in [-0.2, 0) is 11.3 Å². The van der Waals surface area contributed by atoms with Gasteiger partial charge in [0.2, 0.25) is 5.91 Å². The van der Waals surface area contributed by atoms with Gasteiger partial charge in [0.05, 0.1) is 22.5 Å². The molecule has 162 valence electrons. The maximum absolute atomic E-state index is 13.3. The minimum Gasteiger partial charge on any atom is -0.353 e. The Morgan fingerprint density at radius 3 is 2.90 bits per heavy atom.